The van der Waals surface area contributed by atoms with Gasteiger partial charge in [-0.2, -0.15) is 0 Å². The van der Waals surface area contributed by atoms with E-state index in [0.29, 0.717) is 5.76 Å². The first-order valence-corrected chi connectivity index (χ1v) is 7.93. The topological polar surface area (TPSA) is 68.5 Å². The summed E-state index contributed by atoms with van der Waals surface area (Å²) < 4.78 is 10.2. The molecular formula is C19H19NO4. The third-order valence-electron chi connectivity index (χ3n) is 3.87. The predicted octanol–water partition coefficient (Wildman–Crippen LogP) is 3.27. The maximum atomic E-state index is 11.9. The Hall–Kier alpha value is -2.82. The lowest BCUT2D eigenvalue weighted by Crippen LogP contribution is -2.20. The van der Waals surface area contributed by atoms with Crippen molar-refractivity contribution < 1.29 is 18.7 Å². The number of ether oxygens (including phenoxy) is 1. The second-order valence-corrected chi connectivity index (χ2v) is 5.77. The van der Waals surface area contributed by atoms with Gasteiger partial charge >= 0.3 is 5.97 Å². The number of nitrogens with one attached hydrogen (secondary N) is 1. The molecule has 1 aromatic heterocycles. The number of amides is 1. The Morgan fingerprint density at radius 3 is 2.83 bits per heavy atom. The van der Waals surface area contributed by atoms with E-state index in [1.54, 1.807) is 12.1 Å². The van der Waals surface area contributed by atoms with Crippen molar-refractivity contribution in [3.05, 3.63) is 59.1 Å². The lowest BCUT2D eigenvalue weighted by Gasteiger charge is -2.07. The van der Waals surface area contributed by atoms with Crippen molar-refractivity contribution in [1.82, 2.24) is 0 Å². The largest absolute Gasteiger partial charge is 0.462 e. The van der Waals surface area contributed by atoms with E-state index < -0.39 is 5.97 Å². The molecule has 2 aromatic rings. The number of esters is 1. The van der Waals surface area contributed by atoms with Crippen molar-refractivity contribution >= 4 is 23.6 Å². The van der Waals surface area contributed by atoms with E-state index in [9.17, 15) is 9.59 Å². The lowest BCUT2D eigenvalue weighted by molar-refractivity contribution is -0.142. The monoisotopic (exact) mass is 325 g/mol. The Morgan fingerprint density at radius 2 is 2.04 bits per heavy atom. The SMILES string of the molecule is Cc1ccc(C=CC(=O)OCC(=O)Nc2ccc3c(c2)CCC3)o1. The first-order chi connectivity index (χ1) is 11.6. The minimum atomic E-state index is -0.590. The zero-order valence-electron chi connectivity index (χ0n) is 13.5. The molecule has 0 aliphatic heterocycles. The molecule has 5 nitrogen and oxygen atoms in total. The second kappa shape index (κ2) is 7.17. The highest BCUT2D eigenvalue weighted by Gasteiger charge is 2.12. The van der Waals surface area contributed by atoms with E-state index in [1.807, 2.05) is 25.1 Å². The zero-order valence-corrected chi connectivity index (χ0v) is 13.5. The number of fused-ring (bicyclic) bond motifs is 1. The van der Waals surface area contributed by atoms with Crippen LogP contribution in [0.4, 0.5) is 5.69 Å². The average molecular weight is 325 g/mol. The number of hydrogen-bond acceptors (Lipinski definition) is 4. The molecule has 0 radical (unpaired) electrons. The Kier molecular flexibility index (Phi) is 4.79. The summed E-state index contributed by atoms with van der Waals surface area (Å²) >= 11 is 0. The minimum absolute atomic E-state index is 0.322. The van der Waals surface area contributed by atoms with Gasteiger partial charge in [0.05, 0.1) is 0 Å². The van der Waals surface area contributed by atoms with Crippen molar-refractivity contribution in [3.63, 3.8) is 0 Å². The molecule has 0 atom stereocenters. The molecule has 0 saturated carbocycles. The normalized spacial score (nSPS) is 13.0. The highest BCUT2D eigenvalue weighted by Crippen LogP contribution is 2.24. The molecule has 1 amide bonds. The van der Waals surface area contributed by atoms with Crippen molar-refractivity contribution in [3.8, 4) is 0 Å². The second-order valence-electron chi connectivity index (χ2n) is 5.77. The maximum Gasteiger partial charge on any atom is 0.331 e. The molecular weight excluding hydrogens is 306 g/mol. The minimum Gasteiger partial charge on any atom is -0.462 e. The Labute approximate surface area is 140 Å². The summed E-state index contributed by atoms with van der Waals surface area (Å²) in [5.41, 5.74) is 3.36. The molecule has 1 N–H and O–H groups in total. The number of anilines is 1. The smallest absolute Gasteiger partial charge is 0.331 e. The van der Waals surface area contributed by atoms with Gasteiger partial charge in [0, 0.05) is 11.8 Å². The van der Waals surface area contributed by atoms with Gasteiger partial charge in [-0.15, -0.1) is 0 Å². The molecule has 24 heavy (non-hydrogen) atoms. The fourth-order valence-corrected chi connectivity index (χ4v) is 2.72. The molecule has 1 aliphatic carbocycles. The molecule has 1 aromatic carbocycles. The van der Waals surface area contributed by atoms with E-state index in [0.717, 1.165) is 30.7 Å². The van der Waals surface area contributed by atoms with Gasteiger partial charge in [0.25, 0.3) is 5.91 Å². The van der Waals surface area contributed by atoms with Crippen molar-refractivity contribution in [2.24, 2.45) is 0 Å². The van der Waals surface area contributed by atoms with E-state index in [1.165, 1.54) is 23.3 Å². The molecule has 0 saturated heterocycles. The van der Waals surface area contributed by atoms with Crippen LogP contribution in [0.5, 0.6) is 0 Å². The van der Waals surface area contributed by atoms with Crippen LogP contribution in [-0.2, 0) is 27.2 Å². The molecule has 0 unspecified atom stereocenters. The van der Waals surface area contributed by atoms with Crippen LogP contribution < -0.4 is 5.32 Å². The van der Waals surface area contributed by atoms with Crippen LogP contribution in [0.3, 0.4) is 0 Å². The van der Waals surface area contributed by atoms with E-state index in [-0.39, 0.29) is 12.5 Å². The van der Waals surface area contributed by atoms with Crippen LogP contribution in [0.25, 0.3) is 6.08 Å². The van der Waals surface area contributed by atoms with Crippen LogP contribution in [0.1, 0.15) is 29.1 Å². The highest BCUT2D eigenvalue weighted by molar-refractivity contribution is 5.94. The van der Waals surface area contributed by atoms with Crippen LogP contribution in [-0.4, -0.2) is 18.5 Å². The zero-order chi connectivity index (χ0) is 16.9. The molecule has 1 heterocycles. The summed E-state index contributed by atoms with van der Waals surface area (Å²) in [5.74, 6) is 0.375. The quantitative estimate of drug-likeness (QED) is 0.677. The van der Waals surface area contributed by atoms with Gasteiger partial charge in [-0.3, -0.25) is 4.79 Å². The molecule has 124 valence electrons. The number of hydrogen-bond donors (Lipinski definition) is 1. The van der Waals surface area contributed by atoms with E-state index >= 15 is 0 Å². The fraction of sp³-hybridized carbons (Fsp3) is 0.263. The summed E-state index contributed by atoms with van der Waals surface area (Å²) in [6, 6.07) is 9.46. The first kappa shape index (κ1) is 16.1. The number of furan rings is 1. The molecule has 5 heteroatoms. The Morgan fingerprint density at radius 1 is 1.21 bits per heavy atom. The summed E-state index contributed by atoms with van der Waals surface area (Å²) in [4.78, 5) is 23.5. The lowest BCUT2D eigenvalue weighted by atomic mass is 10.1. The number of carbonyl (C=O) groups excluding carboxylic acids is 2. The number of aryl methyl sites for hydroxylation is 3. The highest BCUT2D eigenvalue weighted by atomic mass is 16.5. The summed E-state index contributed by atoms with van der Waals surface area (Å²) in [7, 11) is 0. The fourth-order valence-electron chi connectivity index (χ4n) is 2.72. The van der Waals surface area contributed by atoms with E-state index in [2.05, 4.69) is 5.32 Å². The van der Waals surface area contributed by atoms with Gasteiger partial charge in [-0.1, -0.05) is 6.07 Å². The molecule has 0 spiro atoms. The van der Waals surface area contributed by atoms with Crippen molar-refractivity contribution in [1.29, 1.82) is 0 Å². The van der Waals surface area contributed by atoms with Gasteiger partial charge in [0.2, 0.25) is 0 Å². The summed E-state index contributed by atoms with van der Waals surface area (Å²) in [5, 5.41) is 2.75. The molecule has 3 rings (SSSR count). The van der Waals surface area contributed by atoms with Gasteiger partial charge in [-0.05, 0) is 67.7 Å². The van der Waals surface area contributed by atoms with Crippen molar-refractivity contribution in [2.45, 2.75) is 26.2 Å². The Balaban J connectivity index is 1.46. The van der Waals surface area contributed by atoms with Crippen molar-refractivity contribution in [2.75, 3.05) is 11.9 Å². The average Bonchev–Trinajstić information content (AvgIpc) is 3.19. The van der Waals surface area contributed by atoms with Gasteiger partial charge in [0.15, 0.2) is 6.61 Å². The number of carbonyl (C=O) groups is 2. The van der Waals surface area contributed by atoms with E-state index in [4.69, 9.17) is 9.15 Å². The third kappa shape index (κ3) is 4.13. The third-order valence-corrected chi connectivity index (χ3v) is 3.87. The first-order valence-electron chi connectivity index (χ1n) is 7.93. The number of benzene rings is 1. The van der Waals surface area contributed by atoms with Crippen LogP contribution in [0.2, 0.25) is 0 Å². The Bertz CT molecular complexity index is 788. The van der Waals surface area contributed by atoms with Gasteiger partial charge < -0.3 is 14.5 Å². The number of rotatable bonds is 5. The molecule has 0 bridgehead atoms. The van der Waals surface area contributed by atoms with Gasteiger partial charge in [-0.25, -0.2) is 4.79 Å². The summed E-state index contributed by atoms with van der Waals surface area (Å²) in [6.07, 6.45) is 6.05. The van der Waals surface area contributed by atoms with Crippen LogP contribution >= 0.6 is 0 Å². The van der Waals surface area contributed by atoms with Crippen LogP contribution in [0, 0.1) is 6.92 Å². The predicted molar refractivity (Wildman–Crippen MR) is 90.5 cm³/mol. The van der Waals surface area contributed by atoms with Gasteiger partial charge in [0.1, 0.15) is 11.5 Å². The standard InChI is InChI=1S/C19H19NO4/c1-13-5-8-17(24-13)9-10-19(22)23-12-18(21)20-16-7-6-14-3-2-4-15(14)11-16/h5-11H,2-4,12H2,1H3,(H,20,21). The van der Waals surface area contributed by atoms with Crippen LogP contribution in [0.15, 0.2) is 40.8 Å². The molecule has 1 aliphatic rings. The summed E-state index contributed by atoms with van der Waals surface area (Å²) in [6.45, 7) is 1.50. The molecule has 0 fully saturated rings. The maximum absolute atomic E-state index is 11.9.